The van der Waals surface area contributed by atoms with Gasteiger partial charge in [-0.15, -0.1) is 0 Å². The number of rotatable bonds is 3. The van der Waals surface area contributed by atoms with Gasteiger partial charge >= 0.3 is 0 Å². The highest BCUT2D eigenvalue weighted by Crippen LogP contribution is 2.29. The first-order valence-corrected chi connectivity index (χ1v) is 7.04. The quantitative estimate of drug-likeness (QED) is 0.818. The Hall–Kier alpha value is -1.30. The zero-order valence-electron chi connectivity index (χ0n) is 9.19. The summed E-state index contributed by atoms with van der Waals surface area (Å²) in [6, 6.07) is 3.20. The summed E-state index contributed by atoms with van der Waals surface area (Å²) in [5, 5.41) is 9.02. The van der Waals surface area contributed by atoms with E-state index in [-0.39, 0.29) is 5.69 Å². The van der Waals surface area contributed by atoms with Crippen molar-refractivity contribution in [2.24, 2.45) is 0 Å². The molecule has 6 heteroatoms. The second-order valence-corrected chi connectivity index (χ2v) is 6.18. The molecule has 0 atom stereocenters. The number of sulfonamides is 1. The molecule has 1 aromatic carbocycles. The van der Waals surface area contributed by atoms with Crippen LogP contribution >= 0.6 is 0 Å². The number of hydrogen-bond donors (Lipinski definition) is 2. The van der Waals surface area contributed by atoms with Crippen LogP contribution in [0.5, 0.6) is 5.75 Å². The van der Waals surface area contributed by atoms with E-state index in [1.807, 2.05) is 0 Å². The van der Waals surface area contributed by atoms with Crippen molar-refractivity contribution in [3.8, 4) is 5.75 Å². The zero-order valence-corrected chi connectivity index (χ0v) is 10.0. The molecule has 0 saturated heterocycles. The van der Waals surface area contributed by atoms with E-state index in [0.29, 0.717) is 12.8 Å². The highest BCUT2D eigenvalue weighted by Gasteiger charge is 2.29. The average Bonchev–Trinajstić information content (AvgIpc) is 2.76. The Morgan fingerprint density at radius 3 is 2.53 bits per heavy atom. The van der Waals surface area contributed by atoms with Gasteiger partial charge in [-0.05, 0) is 25.0 Å². The lowest BCUT2D eigenvalue weighted by Gasteiger charge is -2.14. The first kappa shape index (κ1) is 12.2. The number of phenols is 1. The molecule has 0 spiro atoms. The van der Waals surface area contributed by atoms with E-state index >= 15 is 0 Å². The summed E-state index contributed by atoms with van der Waals surface area (Å²) in [7, 11) is -3.48. The van der Waals surface area contributed by atoms with Gasteiger partial charge in [0.25, 0.3) is 0 Å². The van der Waals surface area contributed by atoms with Crippen LogP contribution in [0.2, 0.25) is 0 Å². The Kier molecular flexibility index (Phi) is 3.24. The summed E-state index contributed by atoms with van der Waals surface area (Å²) < 4.78 is 38.9. The number of anilines is 1. The third kappa shape index (κ3) is 2.69. The summed E-state index contributed by atoms with van der Waals surface area (Å²) in [6.45, 7) is 0. The highest BCUT2D eigenvalue weighted by molar-refractivity contribution is 7.93. The zero-order chi connectivity index (χ0) is 12.5. The van der Waals surface area contributed by atoms with Gasteiger partial charge in [0.15, 0.2) is 0 Å². The SMILES string of the molecule is O=S(=O)(Nc1ccc(F)cc1O)C1CCCC1. The van der Waals surface area contributed by atoms with Crippen molar-refractivity contribution in [1.82, 2.24) is 0 Å². The molecule has 2 rings (SSSR count). The van der Waals surface area contributed by atoms with Crippen molar-refractivity contribution < 1.29 is 17.9 Å². The summed E-state index contributed by atoms with van der Waals surface area (Å²) in [5.74, 6) is -1.00. The number of halogens is 1. The molecule has 0 bridgehead atoms. The second-order valence-electron chi connectivity index (χ2n) is 4.22. The minimum Gasteiger partial charge on any atom is -0.506 e. The lowest BCUT2D eigenvalue weighted by atomic mass is 10.3. The smallest absolute Gasteiger partial charge is 0.235 e. The van der Waals surface area contributed by atoms with E-state index in [1.165, 1.54) is 6.07 Å². The van der Waals surface area contributed by atoms with Crippen molar-refractivity contribution in [3.63, 3.8) is 0 Å². The van der Waals surface area contributed by atoms with Crippen LogP contribution in [-0.2, 0) is 10.0 Å². The molecule has 0 unspecified atom stereocenters. The number of hydrogen-bond acceptors (Lipinski definition) is 3. The van der Waals surface area contributed by atoms with E-state index in [2.05, 4.69) is 4.72 Å². The lowest BCUT2D eigenvalue weighted by Crippen LogP contribution is -2.25. The van der Waals surface area contributed by atoms with Crippen LogP contribution in [0.25, 0.3) is 0 Å². The van der Waals surface area contributed by atoms with Gasteiger partial charge in [-0.3, -0.25) is 4.72 Å². The molecule has 1 aliphatic carbocycles. The monoisotopic (exact) mass is 259 g/mol. The topological polar surface area (TPSA) is 66.4 Å². The first-order valence-electron chi connectivity index (χ1n) is 5.49. The molecule has 2 N–H and O–H groups in total. The predicted octanol–water partition coefficient (Wildman–Crippen LogP) is 2.22. The molecule has 0 radical (unpaired) electrons. The van der Waals surface area contributed by atoms with Crippen LogP contribution < -0.4 is 4.72 Å². The average molecular weight is 259 g/mol. The van der Waals surface area contributed by atoms with Crippen molar-refractivity contribution in [2.45, 2.75) is 30.9 Å². The molecule has 17 heavy (non-hydrogen) atoms. The highest BCUT2D eigenvalue weighted by atomic mass is 32.2. The van der Waals surface area contributed by atoms with Crippen LogP contribution in [0.1, 0.15) is 25.7 Å². The standard InChI is InChI=1S/C11H14FNO3S/c12-8-5-6-10(11(14)7-8)13-17(15,16)9-3-1-2-4-9/h5-7,9,13-14H,1-4H2. The van der Waals surface area contributed by atoms with Gasteiger partial charge in [-0.2, -0.15) is 0 Å². The Morgan fingerprint density at radius 2 is 1.94 bits per heavy atom. The molecule has 1 aliphatic rings. The van der Waals surface area contributed by atoms with Crippen LogP contribution in [0.3, 0.4) is 0 Å². The number of aromatic hydroxyl groups is 1. The fourth-order valence-electron chi connectivity index (χ4n) is 2.03. The third-order valence-corrected chi connectivity index (χ3v) is 4.81. The van der Waals surface area contributed by atoms with Gasteiger partial charge in [-0.1, -0.05) is 12.8 Å². The summed E-state index contributed by atoms with van der Waals surface area (Å²) in [4.78, 5) is 0. The Labute approximate surface area is 99.5 Å². The Bertz CT molecular complexity index is 509. The third-order valence-electron chi connectivity index (χ3n) is 2.95. The van der Waals surface area contributed by atoms with E-state index in [9.17, 15) is 17.9 Å². The summed E-state index contributed by atoms with van der Waals surface area (Å²) in [5.41, 5.74) is 0.0262. The molecule has 0 heterocycles. The van der Waals surface area contributed by atoms with E-state index in [0.717, 1.165) is 25.0 Å². The maximum atomic E-state index is 12.7. The minimum absolute atomic E-state index is 0.0262. The van der Waals surface area contributed by atoms with Gasteiger partial charge in [0.2, 0.25) is 10.0 Å². The van der Waals surface area contributed by atoms with Crippen molar-refractivity contribution >= 4 is 15.7 Å². The molecule has 0 amide bonds. The maximum absolute atomic E-state index is 12.7. The van der Waals surface area contributed by atoms with Gasteiger partial charge in [0, 0.05) is 6.07 Å². The lowest BCUT2D eigenvalue weighted by molar-refractivity contribution is 0.471. The van der Waals surface area contributed by atoms with Crippen LogP contribution in [0.4, 0.5) is 10.1 Å². The molecular weight excluding hydrogens is 245 g/mol. The van der Waals surface area contributed by atoms with Crippen molar-refractivity contribution in [2.75, 3.05) is 4.72 Å². The fraction of sp³-hybridized carbons (Fsp3) is 0.455. The van der Waals surface area contributed by atoms with Crippen LogP contribution in [-0.4, -0.2) is 18.8 Å². The normalized spacial score (nSPS) is 17.2. The molecule has 0 aliphatic heterocycles. The molecule has 0 aromatic heterocycles. The molecule has 1 saturated carbocycles. The van der Waals surface area contributed by atoms with Crippen molar-refractivity contribution in [3.05, 3.63) is 24.0 Å². The fourth-order valence-corrected chi connectivity index (χ4v) is 3.63. The minimum atomic E-state index is -3.48. The van der Waals surface area contributed by atoms with E-state index < -0.39 is 26.8 Å². The second kappa shape index (κ2) is 4.52. The van der Waals surface area contributed by atoms with E-state index in [1.54, 1.807) is 0 Å². The van der Waals surface area contributed by atoms with Gasteiger partial charge in [-0.25, -0.2) is 12.8 Å². The van der Waals surface area contributed by atoms with Gasteiger partial charge in [0.1, 0.15) is 11.6 Å². The van der Waals surface area contributed by atoms with Gasteiger partial charge < -0.3 is 5.11 Å². The molecule has 1 aromatic rings. The number of phenolic OH excluding ortho intramolecular Hbond substituents is 1. The summed E-state index contributed by atoms with van der Waals surface area (Å²) in [6.07, 6.45) is 3.08. The van der Waals surface area contributed by atoms with Crippen molar-refractivity contribution in [1.29, 1.82) is 0 Å². The largest absolute Gasteiger partial charge is 0.506 e. The summed E-state index contributed by atoms with van der Waals surface area (Å²) >= 11 is 0. The maximum Gasteiger partial charge on any atom is 0.235 e. The Balaban J connectivity index is 2.19. The molecular formula is C11H14FNO3S. The number of benzene rings is 1. The van der Waals surface area contributed by atoms with E-state index in [4.69, 9.17) is 0 Å². The van der Waals surface area contributed by atoms with Crippen LogP contribution in [0, 0.1) is 5.82 Å². The molecule has 4 nitrogen and oxygen atoms in total. The Morgan fingerprint density at radius 1 is 1.29 bits per heavy atom. The first-order chi connectivity index (χ1) is 7.99. The predicted molar refractivity (Wildman–Crippen MR) is 62.9 cm³/mol. The van der Waals surface area contributed by atoms with Crippen LogP contribution in [0.15, 0.2) is 18.2 Å². The molecule has 94 valence electrons. The molecule has 1 fully saturated rings. The number of nitrogens with one attached hydrogen (secondary N) is 1. The van der Waals surface area contributed by atoms with Gasteiger partial charge in [0.05, 0.1) is 10.9 Å².